The van der Waals surface area contributed by atoms with Crippen LogP contribution in [0.25, 0.3) is 0 Å². The van der Waals surface area contributed by atoms with Crippen molar-refractivity contribution in [3.63, 3.8) is 0 Å². The van der Waals surface area contributed by atoms with Gasteiger partial charge in [-0.1, -0.05) is 24.4 Å². The van der Waals surface area contributed by atoms with Crippen molar-refractivity contribution in [2.45, 2.75) is 32.1 Å². The van der Waals surface area contributed by atoms with Gasteiger partial charge in [-0.3, -0.25) is 0 Å². The fourth-order valence-electron chi connectivity index (χ4n) is 2.14. The van der Waals surface area contributed by atoms with Crippen LogP contribution in [0, 0.1) is 5.92 Å². The lowest BCUT2D eigenvalue weighted by Crippen LogP contribution is -2.38. The van der Waals surface area contributed by atoms with E-state index in [1.54, 1.807) is 0 Å². The second kappa shape index (κ2) is 6.20. The van der Waals surface area contributed by atoms with Gasteiger partial charge in [0, 0.05) is 7.05 Å². The highest BCUT2D eigenvalue weighted by Crippen LogP contribution is 2.25. The summed E-state index contributed by atoms with van der Waals surface area (Å²) in [5.41, 5.74) is 5.30. The number of hydrogen-bond acceptors (Lipinski definition) is 4. The minimum atomic E-state index is -3.30. The summed E-state index contributed by atoms with van der Waals surface area (Å²) < 4.78 is 25.1. The molecule has 7 heteroatoms. The van der Waals surface area contributed by atoms with E-state index in [9.17, 15) is 8.42 Å². The predicted octanol–water partition coefficient (Wildman–Crippen LogP) is 0.575. The number of oxime groups is 1. The van der Waals surface area contributed by atoms with E-state index in [2.05, 4.69) is 5.16 Å². The molecule has 0 aromatic carbocycles. The van der Waals surface area contributed by atoms with Crippen LogP contribution in [0.4, 0.5) is 0 Å². The first-order valence-corrected chi connectivity index (χ1v) is 7.47. The molecule has 1 aliphatic carbocycles. The molecule has 0 radical (unpaired) electrons. The first kappa shape index (κ1) is 14.2. The van der Waals surface area contributed by atoms with Gasteiger partial charge in [0.15, 0.2) is 5.84 Å². The van der Waals surface area contributed by atoms with E-state index >= 15 is 0 Å². The van der Waals surface area contributed by atoms with E-state index in [0.717, 1.165) is 30.0 Å². The normalized spacial score (nSPS) is 19.8. The summed E-state index contributed by atoms with van der Waals surface area (Å²) in [6, 6.07) is 0. The summed E-state index contributed by atoms with van der Waals surface area (Å²) in [5, 5.41) is 11.2. The van der Waals surface area contributed by atoms with Crippen LogP contribution in [0.1, 0.15) is 32.1 Å². The summed E-state index contributed by atoms with van der Waals surface area (Å²) in [4.78, 5) is 0. The summed E-state index contributed by atoms with van der Waals surface area (Å²) in [6.45, 7) is -0.0639. The highest BCUT2D eigenvalue weighted by atomic mass is 32.2. The van der Waals surface area contributed by atoms with Gasteiger partial charge >= 0.3 is 0 Å². The van der Waals surface area contributed by atoms with Gasteiger partial charge < -0.3 is 10.9 Å². The molecule has 1 rings (SSSR count). The Balaban J connectivity index is 2.54. The number of hydrogen-bond donors (Lipinski definition) is 2. The van der Waals surface area contributed by atoms with Crippen LogP contribution in [0.15, 0.2) is 5.16 Å². The molecule has 1 aliphatic rings. The van der Waals surface area contributed by atoms with Crippen LogP contribution in [0.3, 0.4) is 0 Å². The Kier molecular flexibility index (Phi) is 5.20. The third kappa shape index (κ3) is 4.51. The molecule has 0 amide bonds. The third-order valence-electron chi connectivity index (χ3n) is 3.16. The van der Waals surface area contributed by atoms with Crippen molar-refractivity contribution in [1.29, 1.82) is 0 Å². The van der Waals surface area contributed by atoms with E-state index in [1.807, 2.05) is 0 Å². The van der Waals surface area contributed by atoms with Crippen LogP contribution >= 0.6 is 0 Å². The summed E-state index contributed by atoms with van der Waals surface area (Å²) >= 11 is 0. The average Bonchev–Trinajstić information content (AvgIpc) is 2.29. The zero-order chi connectivity index (χ0) is 12.9. The van der Waals surface area contributed by atoms with Crippen LogP contribution < -0.4 is 5.73 Å². The number of nitrogens with two attached hydrogens (primary N) is 1. The topological polar surface area (TPSA) is 96.0 Å². The maximum absolute atomic E-state index is 12.0. The summed E-state index contributed by atoms with van der Waals surface area (Å²) in [7, 11) is -1.85. The zero-order valence-electron chi connectivity index (χ0n) is 10.2. The van der Waals surface area contributed by atoms with Gasteiger partial charge in [0.05, 0.1) is 12.3 Å². The van der Waals surface area contributed by atoms with E-state index < -0.39 is 10.0 Å². The van der Waals surface area contributed by atoms with Crippen molar-refractivity contribution in [3.8, 4) is 0 Å². The molecule has 0 aromatic heterocycles. The highest BCUT2D eigenvalue weighted by molar-refractivity contribution is 7.89. The number of nitrogens with zero attached hydrogens (tertiary/aromatic N) is 2. The molecule has 1 saturated carbocycles. The van der Waals surface area contributed by atoms with Crippen molar-refractivity contribution < 1.29 is 13.6 Å². The van der Waals surface area contributed by atoms with Gasteiger partial charge in [-0.2, -0.15) is 4.31 Å². The molecule has 0 heterocycles. The lowest BCUT2D eigenvalue weighted by molar-refractivity contribution is 0.315. The van der Waals surface area contributed by atoms with E-state index in [-0.39, 0.29) is 24.1 Å². The van der Waals surface area contributed by atoms with Gasteiger partial charge in [0.1, 0.15) is 0 Å². The summed E-state index contributed by atoms with van der Waals surface area (Å²) in [6.07, 6.45) is 5.40. The molecule has 17 heavy (non-hydrogen) atoms. The smallest absolute Gasteiger partial charge is 0.214 e. The highest BCUT2D eigenvalue weighted by Gasteiger charge is 2.25. The van der Waals surface area contributed by atoms with E-state index in [0.29, 0.717) is 0 Å². The largest absolute Gasteiger partial charge is 0.409 e. The lowest BCUT2D eigenvalue weighted by atomic mass is 9.91. The van der Waals surface area contributed by atoms with Gasteiger partial charge in [0.2, 0.25) is 10.0 Å². The van der Waals surface area contributed by atoms with Crippen LogP contribution in [0.5, 0.6) is 0 Å². The first-order valence-electron chi connectivity index (χ1n) is 5.86. The van der Waals surface area contributed by atoms with E-state index in [1.165, 1.54) is 13.5 Å². The molecule has 1 fully saturated rings. The van der Waals surface area contributed by atoms with Crippen molar-refractivity contribution in [2.24, 2.45) is 16.8 Å². The molecule has 6 nitrogen and oxygen atoms in total. The quantitative estimate of drug-likeness (QED) is 0.328. The average molecular weight is 263 g/mol. The molecular weight excluding hydrogens is 242 g/mol. The van der Waals surface area contributed by atoms with Crippen molar-refractivity contribution in [1.82, 2.24) is 4.31 Å². The molecular formula is C10H21N3O3S. The first-order chi connectivity index (χ1) is 7.95. The number of rotatable bonds is 5. The Morgan fingerprint density at radius 2 is 2.00 bits per heavy atom. The predicted molar refractivity (Wildman–Crippen MR) is 66.4 cm³/mol. The fraction of sp³-hybridized carbons (Fsp3) is 0.900. The number of sulfonamides is 1. The molecule has 3 N–H and O–H groups in total. The standard InChI is InChI=1S/C10H21N3O3S/c1-13(7-10(11)12-14)17(15,16)8-9-5-3-2-4-6-9/h9,14H,2-8H2,1H3,(H2,11,12). The van der Waals surface area contributed by atoms with Crippen LogP contribution in [-0.4, -0.2) is 43.1 Å². The molecule has 0 aliphatic heterocycles. The molecule has 0 unspecified atom stereocenters. The second-order valence-corrected chi connectivity index (χ2v) is 6.75. The molecule has 0 saturated heterocycles. The van der Waals surface area contributed by atoms with Gasteiger partial charge in [-0.15, -0.1) is 0 Å². The fourth-order valence-corrected chi connectivity index (χ4v) is 3.65. The minimum Gasteiger partial charge on any atom is -0.409 e. The Labute approximate surface area is 103 Å². The van der Waals surface area contributed by atoms with E-state index in [4.69, 9.17) is 10.9 Å². The van der Waals surface area contributed by atoms with Gasteiger partial charge in [-0.05, 0) is 18.8 Å². The molecule has 0 bridgehead atoms. The van der Waals surface area contributed by atoms with Gasteiger partial charge in [0.25, 0.3) is 0 Å². The minimum absolute atomic E-state index is 0.0639. The third-order valence-corrected chi connectivity index (χ3v) is 5.13. The Morgan fingerprint density at radius 1 is 1.41 bits per heavy atom. The Bertz CT molecular complexity index is 361. The molecule has 100 valence electrons. The molecule has 0 spiro atoms. The van der Waals surface area contributed by atoms with Crippen molar-refractivity contribution in [2.75, 3.05) is 19.3 Å². The Hall–Kier alpha value is -0.820. The monoisotopic (exact) mass is 263 g/mol. The molecule has 0 atom stereocenters. The SMILES string of the molecule is CN(CC(N)=NO)S(=O)(=O)CC1CCCCC1. The van der Waals surface area contributed by atoms with Crippen molar-refractivity contribution >= 4 is 15.9 Å². The molecule has 0 aromatic rings. The van der Waals surface area contributed by atoms with Crippen LogP contribution in [-0.2, 0) is 10.0 Å². The Morgan fingerprint density at radius 3 is 2.53 bits per heavy atom. The van der Waals surface area contributed by atoms with Crippen molar-refractivity contribution in [3.05, 3.63) is 0 Å². The number of likely N-dealkylation sites (N-methyl/N-ethyl adjacent to an activating group) is 1. The van der Waals surface area contributed by atoms with Crippen LogP contribution in [0.2, 0.25) is 0 Å². The zero-order valence-corrected chi connectivity index (χ0v) is 11.0. The maximum atomic E-state index is 12.0. The second-order valence-electron chi connectivity index (χ2n) is 4.63. The lowest BCUT2D eigenvalue weighted by Gasteiger charge is -2.24. The van der Waals surface area contributed by atoms with Gasteiger partial charge in [-0.25, -0.2) is 8.42 Å². The maximum Gasteiger partial charge on any atom is 0.214 e. The summed E-state index contributed by atoms with van der Waals surface area (Å²) in [5.74, 6) is 0.325. The number of amidine groups is 1.